The fourth-order valence-corrected chi connectivity index (χ4v) is 2.90. The predicted octanol–water partition coefficient (Wildman–Crippen LogP) is 2.72. The summed E-state index contributed by atoms with van der Waals surface area (Å²) in [7, 11) is 1.95. The first kappa shape index (κ1) is 13.6. The first-order chi connectivity index (χ1) is 8.80. The second kappa shape index (κ2) is 6.34. The third kappa shape index (κ3) is 2.93. The lowest BCUT2D eigenvalue weighted by Gasteiger charge is -2.30. The molecule has 0 amide bonds. The van der Waals surface area contributed by atoms with E-state index in [0.717, 1.165) is 37.5 Å². The molecular formula is C14H25N3O. The molecular weight excluding hydrogens is 226 g/mol. The van der Waals surface area contributed by atoms with E-state index < -0.39 is 0 Å². The summed E-state index contributed by atoms with van der Waals surface area (Å²) in [5.74, 6) is 1.02. The Morgan fingerprint density at radius 3 is 2.67 bits per heavy atom. The van der Waals surface area contributed by atoms with Crippen LogP contribution in [0.1, 0.15) is 57.0 Å². The number of hydrogen-bond acceptors (Lipinski definition) is 3. The standard InChI is InChI=1S/C14H25N3O/c1-3-18-14(8-6-4-5-7-9-14)13-16-11-12(17-13)10-15-2/h11,15H,3-10H2,1-2H3,(H,16,17). The number of aromatic amines is 1. The number of imidazole rings is 1. The summed E-state index contributed by atoms with van der Waals surface area (Å²) in [5.41, 5.74) is 0.966. The maximum absolute atomic E-state index is 6.11. The van der Waals surface area contributed by atoms with Gasteiger partial charge in [0.05, 0.1) is 0 Å². The van der Waals surface area contributed by atoms with Crippen LogP contribution in [0.15, 0.2) is 6.20 Å². The first-order valence-corrected chi connectivity index (χ1v) is 7.13. The monoisotopic (exact) mass is 251 g/mol. The largest absolute Gasteiger partial charge is 0.367 e. The molecule has 1 fully saturated rings. The molecule has 4 heteroatoms. The molecule has 0 saturated heterocycles. The summed E-state index contributed by atoms with van der Waals surface area (Å²) >= 11 is 0. The lowest BCUT2D eigenvalue weighted by molar-refractivity contribution is -0.0619. The van der Waals surface area contributed by atoms with Gasteiger partial charge in [0.25, 0.3) is 0 Å². The summed E-state index contributed by atoms with van der Waals surface area (Å²) in [6, 6.07) is 0. The quantitative estimate of drug-likeness (QED) is 0.791. The normalized spacial score (nSPS) is 19.7. The molecule has 0 aromatic carbocycles. The SMILES string of the molecule is CCOC1(c2ncc(CNC)[nH]2)CCCCCC1. The molecule has 0 aliphatic heterocycles. The molecule has 2 rings (SSSR count). The van der Waals surface area contributed by atoms with Crippen LogP contribution in [0.2, 0.25) is 0 Å². The Morgan fingerprint density at radius 2 is 2.06 bits per heavy atom. The van der Waals surface area contributed by atoms with Crippen molar-refractivity contribution in [3.05, 3.63) is 17.7 Å². The van der Waals surface area contributed by atoms with Crippen LogP contribution in [0.25, 0.3) is 0 Å². The van der Waals surface area contributed by atoms with E-state index in [0.29, 0.717) is 0 Å². The van der Waals surface area contributed by atoms with E-state index in [1.165, 1.54) is 25.7 Å². The third-order valence-electron chi connectivity index (χ3n) is 3.76. The number of hydrogen-bond donors (Lipinski definition) is 2. The molecule has 0 atom stereocenters. The number of H-pyrrole nitrogens is 1. The molecule has 1 aliphatic carbocycles. The Bertz CT molecular complexity index is 354. The lowest BCUT2D eigenvalue weighted by Crippen LogP contribution is -2.31. The molecule has 0 spiro atoms. The van der Waals surface area contributed by atoms with Crippen molar-refractivity contribution < 1.29 is 4.74 Å². The van der Waals surface area contributed by atoms with Crippen molar-refractivity contribution in [1.29, 1.82) is 0 Å². The highest BCUT2D eigenvalue weighted by molar-refractivity contribution is 5.09. The van der Waals surface area contributed by atoms with Gasteiger partial charge in [-0.2, -0.15) is 0 Å². The van der Waals surface area contributed by atoms with E-state index in [2.05, 4.69) is 22.2 Å². The van der Waals surface area contributed by atoms with Crippen LogP contribution in [0.3, 0.4) is 0 Å². The lowest BCUT2D eigenvalue weighted by atomic mass is 9.93. The van der Waals surface area contributed by atoms with E-state index in [1.807, 2.05) is 13.2 Å². The Labute approximate surface area is 110 Å². The number of ether oxygens (including phenoxy) is 1. The molecule has 1 aliphatic rings. The maximum Gasteiger partial charge on any atom is 0.138 e. The van der Waals surface area contributed by atoms with Crippen LogP contribution >= 0.6 is 0 Å². The van der Waals surface area contributed by atoms with Crippen LogP contribution in [0.4, 0.5) is 0 Å². The van der Waals surface area contributed by atoms with Crippen molar-refractivity contribution >= 4 is 0 Å². The zero-order chi connectivity index (χ0) is 12.8. The summed E-state index contributed by atoms with van der Waals surface area (Å²) in [4.78, 5) is 8.01. The molecule has 1 saturated carbocycles. The fourth-order valence-electron chi connectivity index (χ4n) is 2.90. The Morgan fingerprint density at radius 1 is 1.33 bits per heavy atom. The third-order valence-corrected chi connectivity index (χ3v) is 3.76. The van der Waals surface area contributed by atoms with Crippen molar-refractivity contribution in [3.63, 3.8) is 0 Å². The van der Waals surface area contributed by atoms with Crippen LogP contribution in [-0.4, -0.2) is 23.6 Å². The molecule has 2 N–H and O–H groups in total. The highest BCUT2D eigenvalue weighted by Crippen LogP contribution is 2.37. The Kier molecular flexibility index (Phi) is 4.78. The van der Waals surface area contributed by atoms with Gasteiger partial charge in [-0.3, -0.25) is 0 Å². The van der Waals surface area contributed by atoms with E-state index in [4.69, 9.17) is 4.74 Å². The molecule has 1 heterocycles. The minimum atomic E-state index is -0.169. The molecule has 102 valence electrons. The zero-order valence-electron chi connectivity index (χ0n) is 11.6. The summed E-state index contributed by atoms with van der Waals surface area (Å²) in [6.07, 6.45) is 9.22. The topological polar surface area (TPSA) is 49.9 Å². The molecule has 0 radical (unpaired) electrons. The van der Waals surface area contributed by atoms with Crippen LogP contribution in [-0.2, 0) is 16.9 Å². The van der Waals surface area contributed by atoms with Gasteiger partial charge in [0.2, 0.25) is 0 Å². The van der Waals surface area contributed by atoms with Crippen molar-refractivity contribution in [2.24, 2.45) is 0 Å². The minimum absolute atomic E-state index is 0.169. The van der Waals surface area contributed by atoms with Crippen molar-refractivity contribution in [2.45, 2.75) is 57.6 Å². The van der Waals surface area contributed by atoms with Crippen LogP contribution in [0.5, 0.6) is 0 Å². The van der Waals surface area contributed by atoms with Gasteiger partial charge in [0.1, 0.15) is 11.4 Å². The van der Waals surface area contributed by atoms with Gasteiger partial charge in [0.15, 0.2) is 0 Å². The smallest absolute Gasteiger partial charge is 0.138 e. The molecule has 18 heavy (non-hydrogen) atoms. The molecule has 4 nitrogen and oxygen atoms in total. The summed E-state index contributed by atoms with van der Waals surface area (Å²) in [5, 5.41) is 3.15. The fraction of sp³-hybridized carbons (Fsp3) is 0.786. The second-order valence-electron chi connectivity index (χ2n) is 5.13. The van der Waals surface area contributed by atoms with Gasteiger partial charge in [-0.1, -0.05) is 25.7 Å². The number of nitrogens with zero attached hydrogens (tertiary/aromatic N) is 1. The van der Waals surface area contributed by atoms with E-state index in [9.17, 15) is 0 Å². The van der Waals surface area contributed by atoms with Crippen LogP contribution in [0, 0.1) is 0 Å². The van der Waals surface area contributed by atoms with Gasteiger partial charge < -0.3 is 15.0 Å². The average Bonchev–Trinajstić information content (AvgIpc) is 2.70. The van der Waals surface area contributed by atoms with Gasteiger partial charge >= 0.3 is 0 Å². The summed E-state index contributed by atoms with van der Waals surface area (Å²) in [6.45, 7) is 3.65. The summed E-state index contributed by atoms with van der Waals surface area (Å²) < 4.78 is 6.11. The molecule has 1 aromatic rings. The number of nitrogens with one attached hydrogen (secondary N) is 2. The second-order valence-corrected chi connectivity index (χ2v) is 5.13. The number of aromatic nitrogens is 2. The highest BCUT2D eigenvalue weighted by Gasteiger charge is 2.36. The minimum Gasteiger partial charge on any atom is -0.367 e. The van der Waals surface area contributed by atoms with Gasteiger partial charge in [0, 0.05) is 25.0 Å². The molecule has 0 bridgehead atoms. The molecule has 1 aromatic heterocycles. The van der Waals surface area contributed by atoms with Gasteiger partial charge in [-0.15, -0.1) is 0 Å². The predicted molar refractivity (Wildman–Crippen MR) is 72.4 cm³/mol. The van der Waals surface area contributed by atoms with E-state index in [-0.39, 0.29) is 5.60 Å². The van der Waals surface area contributed by atoms with Crippen molar-refractivity contribution in [1.82, 2.24) is 15.3 Å². The van der Waals surface area contributed by atoms with Crippen LogP contribution < -0.4 is 5.32 Å². The average molecular weight is 251 g/mol. The highest BCUT2D eigenvalue weighted by atomic mass is 16.5. The first-order valence-electron chi connectivity index (χ1n) is 7.13. The Balaban J connectivity index is 2.20. The van der Waals surface area contributed by atoms with E-state index in [1.54, 1.807) is 0 Å². The van der Waals surface area contributed by atoms with Crippen molar-refractivity contribution in [2.75, 3.05) is 13.7 Å². The maximum atomic E-state index is 6.11. The van der Waals surface area contributed by atoms with E-state index >= 15 is 0 Å². The van der Waals surface area contributed by atoms with Crippen molar-refractivity contribution in [3.8, 4) is 0 Å². The van der Waals surface area contributed by atoms with Gasteiger partial charge in [-0.25, -0.2) is 4.98 Å². The number of rotatable bonds is 5. The van der Waals surface area contributed by atoms with Gasteiger partial charge in [-0.05, 0) is 26.8 Å². The zero-order valence-corrected chi connectivity index (χ0v) is 11.6. The molecule has 0 unspecified atom stereocenters. The Hall–Kier alpha value is -0.870.